The molecule has 1 fully saturated rings. The minimum absolute atomic E-state index is 0.0132. The Morgan fingerprint density at radius 3 is 2.00 bits per heavy atom. The van der Waals surface area contributed by atoms with Crippen LogP contribution in [0.3, 0.4) is 0 Å². The molecular formula is C49H79N7O7. The number of amides is 5. The number of likely N-dealkylation sites (N-methyl/N-ethyl adjacent to an activating group) is 2. The molecule has 0 aromatic heterocycles. The van der Waals surface area contributed by atoms with E-state index in [0.717, 1.165) is 29.7 Å². The predicted molar refractivity (Wildman–Crippen MR) is 250 cm³/mol. The fraction of sp³-hybridized carbons (Fsp3) is 0.653. The van der Waals surface area contributed by atoms with Crippen LogP contribution in [0, 0.1) is 23.7 Å². The van der Waals surface area contributed by atoms with Crippen molar-refractivity contribution in [2.75, 3.05) is 54.3 Å². The van der Waals surface area contributed by atoms with Crippen molar-refractivity contribution in [2.24, 2.45) is 23.7 Å². The molecule has 1 aliphatic rings. The molecule has 0 radical (unpaired) electrons. The van der Waals surface area contributed by atoms with E-state index in [-0.39, 0.29) is 66.2 Å². The number of rotatable bonds is 25. The number of hydrogen-bond acceptors (Lipinski definition) is 9. The summed E-state index contributed by atoms with van der Waals surface area (Å²) in [5.74, 6) is -1.87. The Bertz CT molecular complexity index is 1730. The zero-order chi connectivity index (χ0) is 47.0. The number of carbonyl (C=O) groups is 5. The summed E-state index contributed by atoms with van der Waals surface area (Å²) in [7, 11) is 10.4. The monoisotopic (exact) mass is 878 g/mol. The lowest BCUT2D eigenvalue weighted by Gasteiger charge is -2.41. The third-order valence-corrected chi connectivity index (χ3v) is 12.8. The second kappa shape index (κ2) is 25.7. The minimum Gasteiger partial charge on any atom is -0.388 e. The van der Waals surface area contributed by atoms with Gasteiger partial charge in [-0.15, -0.1) is 0 Å². The van der Waals surface area contributed by atoms with Crippen LogP contribution in [-0.4, -0.2) is 136 Å². The number of benzene rings is 2. The van der Waals surface area contributed by atoms with E-state index in [1.54, 1.807) is 26.2 Å². The van der Waals surface area contributed by atoms with Crippen LogP contribution < -0.4 is 21.3 Å². The number of methoxy groups -OCH3 is 2. The van der Waals surface area contributed by atoms with Gasteiger partial charge >= 0.3 is 0 Å². The first-order chi connectivity index (χ1) is 29.9. The molecule has 352 valence electrons. The van der Waals surface area contributed by atoms with Crippen LogP contribution in [-0.2, 0) is 46.4 Å². The maximum atomic E-state index is 14.4. The van der Waals surface area contributed by atoms with Crippen molar-refractivity contribution in [2.45, 2.75) is 136 Å². The lowest BCUT2D eigenvalue weighted by molar-refractivity contribution is -0.148. The topological polar surface area (TPSA) is 162 Å². The van der Waals surface area contributed by atoms with Crippen molar-refractivity contribution in [3.8, 4) is 0 Å². The van der Waals surface area contributed by atoms with Gasteiger partial charge in [0.1, 0.15) is 6.04 Å². The molecule has 5 amide bonds. The molecular weight excluding hydrogens is 799 g/mol. The fourth-order valence-electron chi connectivity index (χ4n) is 9.10. The summed E-state index contributed by atoms with van der Waals surface area (Å²) in [5.41, 5.74) is 2.94. The highest BCUT2D eigenvalue weighted by Crippen LogP contribution is 2.30. The van der Waals surface area contributed by atoms with Gasteiger partial charge in [0, 0.05) is 59.6 Å². The van der Waals surface area contributed by atoms with E-state index in [1.165, 1.54) is 0 Å². The van der Waals surface area contributed by atoms with Gasteiger partial charge in [-0.2, -0.15) is 0 Å². The third-order valence-electron chi connectivity index (χ3n) is 12.8. The van der Waals surface area contributed by atoms with Gasteiger partial charge in [-0.3, -0.25) is 28.9 Å². The lowest BCUT2D eigenvalue weighted by atomic mass is 9.89. The number of ether oxygens (including phenoxy) is 2. The number of carbonyl (C=O) groups excluding carboxylic acids is 5. The number of likely N-dealkylation sites (tertiary alicyclic amines) is 1. The lowest BCUT2D eigenvalue weighted by Crippen LogP contribution is -2.59. The molecule has 9 atom stereocenters. The van der Waals surface area contributed by atoms with Crippen molar-refractivity contribution >= 4 is 35.2 Å². The molecule has 1 heterocycles. The van der Waals surface area contributed by atoms with E-state index in [2.05, 4.69) is 21.3 Å². The van der Waals surface area contributed by atoms with Crippen molar-refractivity contribution < 1.29 is 33.4 Å². The molecule has 2 aromatic rings. The summed E-state index contributed by atoms with van der Waals surface area (Å²) in [4.78, 5) is 75.0. The molecule has 2 aromatic carbocycles. The first kappa shape index (κ1) is 52.8. The highest BCUT2D eigenvalue weighted by atomic mass is 16.5. The van der Waals surface area contributed by atoms with Crippen molar-refractivity contribution in [1.82, 2.24) is 30.7 Å². The van der Waals surface area contributed by atoms with Gasteiger partial charge in [0.2, 0.25) is 29.5 Å². The molecule has 3 rings (SSSR count). The van der Waals surface area contributed by atoms with E-state index < -0.39 is 42.3 Å². The maximum absolute atomic E-state index is 14.4. The molecule has 0 saturated carbocycles. The normalized spacial score (nSPS) is 17.9. The zero-order valence-electron chi connectivity index (χ0n) is 40.4. The summed E-state index contributed by atoms with van der Waals surface area (Å²) < 4.78 is 12.1. The number of hydrogen-bond donors (Lipinski definition) is 4. The van der Waals surface area contributed by atoms with Gasteiger partial charge in [-0.05, 0) is 74.4 Å². The number of anilines is 1. The van der Waals surface area contributed by atoms with Crippen LogP contribution in [0.2, 0.25) is 0 Å². The van der Waals surface area contributed by atoms with Crippen LogP contribution in [0.15, 0.2) is 54.6 Å². The van der Waals surface area contributed by atoms with Crippen LogP contribution in [0.25, 0.3) is 0 Å². The number of nitrogens with one attached hydrogen (secondary N) is 4. The summed E-state index contributed by atoms with van der Waals surface area (Å²) in [6, 6.07) is 15.1. The standard InChI is InChI=1S/C49H79N7O7/c1-14-33(6)45(55(11)49(61)43(31(2)3)53-48(60)44(32(4)5)54(9)10)40(62-12)29-42(58)56-26-18-21-39(56)46(63-13)34(7)47(59)52-38(27-35-19-16-15-17-20-35)28-41(57)51-30-36-22-24-37(50-8)25-23-36/h15-17,19-20,22-25,31-34,38-40,43-46,50H,14,18,21,26-30H2,1-13H3,(H,51,57)(H,52,59)(H,53,60)/t33-,34+,38?,39-,40+,43-,44-,45-,46+/m0/s1. The molecule has 4 N–H and O–H groups in total. The molecule has 1 saturated heterocycles. The van der Waals surface area contributed by atoms with Gasteiger partial charge in [-0.1, -0.05) is 97.4 Å². The molecule has 14 heteroatoms. The van der Waals surface area contributed by atoms with Crippen LogP contribution in [0.5, 0.6) is 0 Å². The average Bonchev–Trinajstić information content (AvgIpc) is 3.74. The SMILES string of the molecule is CC[C@H](C)[C@@H]([C@@H](CC(=O)N1CCC[C@H]1[C@H](OC)[C@@H](C)C(=O)NC(CC(=O)NCc1ccc(NC)cc1)Cc1ccccc1)OC)N(C)C(=O)[C@@H](NC(=O)[C@H](C(C)C)N(C)C)C(C)C. The fourth-order valence-corrected chi connectivity index (χ4v) is 9.10. The van der Waals surface area contributed by atoms with Gasteiger partial charge < -0.3 is 40.5 Å². The average molecular weight is 878 g/mol. The Morgan fingerprint density at radius 2 is 1.46 bits per heavy atom. The Morgan fingerprint density at radius 1 is 0.810 bits per heavy atom. The summed E-state index contributed by atoms with van der Waals surface area (Å²) in [5, 5.41) is 12.3. The van der Waals surface area contributed by atoms with Crippen molar-refractivity contribution in [3.63, 3.8) is 0 Å². The number of nitrogens with zero attached hydrogens (tertiary/aromatic N) is 3. The molecule has 1 aliphatic heterocycles. The van der Waals surface area contributed by atoms with Gasteiger partial charge in [0.05, 0.1) is 42.7 Å². The van der Waals surface area contributed by atoms with E-state index >= 15 is 0 Å². The van der Waals surface area contributed by atoms with Gasteiger partial charge in [0.15, 0.2) is 0 Å². The van der Waals surface area contributed by atoms with Crippen molar-refractivity contribution in [3.05, 3.63) is 65.7 Å². The highest BCUT2D eigenvalue weighted by Gasteiger charge is 2.43. The first-order valence-electron chi connectivity index (χ1n) is 22.8. The Hall–Kier alpha value is -4.53. The summed E-state index contributed by atoms with van der Waals surface area (Å²) >= 11 is 0. The first-order valence-corrected chi connectivity index (χ1v) is 22.8. The maximum Gasteiger partial charge on any atom is 0.245 e. The smallest absolute Gasteiger partial charge is 0.245 e. The predicted octanol–water partition coefficient (Wildman–Crippen LogP) is 5.11. The highest BCUT2D eigenvalue weighted by molar-refractivity contribution is 5.90. The molecule has 0 bridgehead atoms. The van der Waals surface area contributed by atoms with Crippen molar-refractivity contribution in [1.29, 1.82) is 0 Å². The second-order valence-corrected chi connectivity index (χ2v) is 18.3. The van der Waals surface area contributed by atoms with E-state index in [0.29, 0.717) is 25.9 Å². The Labute approximate surface area is 377 Å². The third kappa shape index (κ3) is 15.0. The molecule has 1 unspecified atom stereocenters. The van der Waals surface area contributed by atoms with Crippen LogP contribution in [0.4, 0.5) is 5.69 Å². The summed E-state index contributed by atoms with van der Waals surface area (Å²) in [6.45, 7) is 14.6. The molecule has 63 heavy (non-hydrogen) atoms. The minimum atomic E-state index is -0.774. The van der Waals surface area contributed by atoms with Gasteiger partial charge in [-0.25, -0.2) is 0 Å². The van der Waals surface area contributed by atoms with E-state index in [4.69, 9.17) is 9.47 Å². The Balaban J connectivity index is 1.77. The van der Waals surface area contributed by atoms with Gasteiger partial charge in [0.25, 0.3) is 0 Å². The van der Waals surface area contributed by atoms with Crippen LogP contribution in [0.1, 0.15) is 91.7 Å². The molecule has 0 spiro atoms. The zero-order valence-corrected chi connectivity index (χ0v) is 40.4. The quantitative estimate of drug-likeness (QED) is 0.106. The second-order valence-electron chi connectivity index (χ2n) is 18.3. The summed E-state index contributed by atoms with van der Waals surface area (Å²) in [6.07, 6.45) is 1.41. The van der Waals surface area contributed by atoms with E-state index in [9.17, 15) is 24.0 Å². The Kier molecular flexibility index (Phi) is 21.5. The van der Waals surface area contributed by atoms with Crippen LogP contribution >= 0.6 is 0 Å². The largest absolute Gasteiger partial charge is 0.388 e. The molecule has 14 nitrogen and oxygen atoms in total. The van der Waals surface area contributed by atoms with E-state index in [1.807, 2.05) is 134 Å². The molecule has 0 aliphatic carbocycles.